The summed E-state index contributed by atoms with van der Waals surface area (Å²) in [5.74, 6) is -4.58. The fraction of sp³-hybridized carbons (Fsp3) is 0.222. The second-order valence-electron chi connectivity index (χ2n) is 2.60. The first-order valence-corrected chi connectivity index (χ1v) is 4.81. The predicted octanol–water partition coefficient (Wildman–Crippen LogP) is 2.82. The highest BCUT2D eigenvalue weighted by Crippen LogP contribution is 2.32. The highest BCUT2D eigenvalue weighted by atomic mass is 79.9. The van der Waals surface area contributed by atoms with Crippen molar-refractivity contribution in [1.29, 1.82) is 0 Å². The van der Waals surface area contributed by atoms with E-state index in [0.717, 1.165) is 6.07 Å². The van der Waals surface area contributed by atoms with E-state index >= 15 is 0 Å². The number of rotatable bonds is 3. The molecule has 0 radical (unpaired) electrons. The molecule has 0 bridgehead atoms. The third-order valence-electron chi connectivity index (χ3n) is 1.64. The Morgan fingerprint density at radius 2 is 2.13 bits per heavy atom. The minimum absolute atomic E-state index is 0.0700. The first-order valence-electron chi connectivity index (χ1n) is 4.02. The van der Waals surface area contributed by atoms with Gasteiger partial charge in [-0.25, -0.2) is 9.18 Å². The maximum Gasteiger partial charge on any atom is 0.338 e. The van der Waals surface area contributed by atoms with Gasteiger partial charge in [-0.2, -0.15) is 4.39 Å². The van der Waals surface area contributed by atoms with Crippen LogP contribution in [-0.4, -0.2) is 17.7 Å². The zero-order chi connectivity index (χ0) is 11.6. The van der Waals surface area contributed by atoms with Gasteiger partial charge in [-0.15, -0.1) is 0 Å². The molecule has 0 aliphatic heterocycles. The van der Waals surface area contributed by atoms with Crippen LogP contribution in [0.5, 0.6) is 5.75 Å². The quantitative estimate of drug-likeness (QED) is 0.866. The van der Waals surface area contributed by atoms with E-state index in [0.29, 0.717) is 0 Å². The number of ether oxygens (including phenoxy) is 1. The Kier molecular flexibility index (Phi) is 3.62. The highest BCUT2D eigenvalue weighted by Gasteiger charge is 2.21. The van der Waals surface area contributed by atoms with E-state index < -0.39 is 23.2 Å². The van der Waals surface area contributed by atoms with Crippen LogP contribution in [-0.2, 0) is 0 Å². The van der Waals surface area contributed by atoms with Crippen LogP contribution in [0.1, 0.15) is 17.3 Å². The van der Waals surface area contributed by atoms with E-state index in [9.17, 15) is 13.6 Å². The third kappa shape index (κ3) is 2.26. The van der Waals surface area contributed by atoms with Gasteiger partial charge in [0.05, 0.1) is 16.6 Å². The molecule has 15 heavy (non-hydrogen) atoms. The van der Waals surface area contributed by atoms with Gasteiger partial charge in [-0.3, -0.25) is 0 Å². The molecule has 0 aromatic heterocycles. The Hall–Kier alpha value is -1.17. The topological polar surface area (TPSA) is 46.5 Å². The molecule has 1 rings (SSSR count). The summed E-state index contributed by atoms with van der Waals surface area (Å²) in [6.07, 6.45) is 0. The van der Waals surface area contributed by atoms with E-state index in [2.05, 4.69) is 15.9 Å². The van der Waals surface area contributed by atoms with Crippen molar-refractivity contribution in [3.8, 4) is 5.75 Å². The Labute approximate surface area is 92.8 Å². The van der Waals surface area contributed by atoms with Crippen LogP contribution < -0.4 is 4.74 Å². The van der Waals surface area contributed by atoms with Gasteiger partial charge in [0.2, 0.25) is 5.82 Å². The first kappa shape index (κ1) is 11.9. The van der Waals surface area contributed by atoms with Gasteiger partial charge in [0.1, 0.15) is 0 Å². The normalized spacial score (nSPS) is 10.1. The maximum atomic E-state index is 13.3. The number of carbonyl (C=O) groups is 1. The summed E-state index contributed by atoms with van der Waals surface area (Å²) in [5, 5.41) is 8.57. The third-order valence-corrected chi connectivity index (χ3v) is 2.22. The van der Waals surface area contributed by atoms with E-state index in [-0.39, 0.29) is 16.8 Å². The van der Waals surface area contributed by atoms with Crippen LogP contribution >= 0.6 is 15.9 Å². The van der Waals surface area contributed by atoms with Crippen molar-refractivity contribution >= 4 is 21.9 Å². The van der Waals surface area contributed by atoms with Crippen molar-refractivity contribution in [2.75, 3.05) is 6.61 Å². The lowest BCUT2D eigenvalue weighted by Crippen LogP contribution is -2.06. The van der Waals surface area contributed by atoms with Crippen LogP contribution in [0.15, 0.2) is 10.5 Å². The van der Waals surface area contributed by atoms with Crippen molar-refractivity contribution in [3.05, 3.63) is 27.7 Å². The molecule has 1 aromatic rings. The van der Waals surface area contributed by atoms with Crippen LogP contribution in [0, 0.1) is 11.6 Å². The number of halogens is 3. The number of benzene rings is 1. The molecule has 0 aliphatic carbocycles. The number of carboxylic acid groups (broad SMARTS) is 1. The largest absolute Gasteiger partial charge is 0.489 e. The van der Waals surface area contributed by atoms with Crippen molar-refractivity contribution in [1.82, 2.24) is 0 Å². The molecule has 0 spiro atoms. The Balaban J connectivity index is 3.37. The van der Waals surface area contributed by atoms with Crippen molar-refractivity contribution < 1.29 is 23.4 Å². The van der Waals surface area contributed by atoms with Gasteiger partial charge in [0.15, 0.2) is 11.6 Å². The molecule has 1 N–H and O–H groups in total. The molecule has 6 heteroatoms. The fourth-order valence-electron chi connectivity index (χ4n) is 1.01. The summed E-state index contributed by atoms with van der Waals surface area (Å²) >= 11 is 2.91. The van der Waals surface area contributed by atoms with Crippen molar-refractivity contribution in [3.63, 3.8) is 0 Å². The van der Waals surface area contributed by atoms with Crippen molar-refractivity contribution in [2.24, 2.45) is 0 Å². The van der Waals surface area contributed by atoms with Crippen LogP contribution in [0.4, 0.5) is 8.78 Å². The van der Waals surface area contributed by atoms with Crippen molar-refractivity contribution in [2.45, 2.75) is 6.92 Å². The molecule has 0 heterocycles. The summed E-state index contributed by atoms with van der Waals surface area (Å²) in [6, 6.07) is 0.964. The van der Waals surface area contributed by atoms with Crippen LogP contribution in [0.25, 0.3) is 0 Å². The monoisotopic (exact) mass is 280 g/mol. The van der Waals surface area contributed by atoms with E-state index in [1.54, 1.807) is 6.92 Å². The Morgan fingerprint density at radius 3 is 2.60 bits per heavy atom. The number of aromatic carboxylic acids is 1. The zero-order valence-corrected chi connectivity index (χ0v) is 9.27. The molecular formula is C9H7BrF2O3. The molecule has 3 nitrogen and oxygen atoms in total. The summed E-state index contributed by atoms with van der Waals surface area (Å²) < 4.78 is 31.3. The van der Waals surface area contributed by atoms with Gasteiger partial charge >= 0.3 is 5.97 Å². The SMILES string of the molecule is CCOc1c(Br)cc(C(=O)O)c(F)c1F. The minimum Gasteiger partial charge on any atom is -0.489 e. The molecule has 1 aromatic carbocycles. The average Bonchev–Trinajstić information content (AvgIpc) is 2.18. The lowest BCUT2D eigenvalue weighted by Gasteiger charge is -2.09. The molecule has 0 saturated carbocycles. The van der Waals surface area contributed by atoms with Gasteiger partial charge in [0.25, 0.3) is 0 Å². The average molecular weight is 281 g/mol. The highest BCUT2D eigenvalue weighted by molar-refractivity contribution is 9.10. The second-order valence-corrected chi connectivity index (χ2v) is 3.46. The zero-order valence-electron chi connectivity index (χ0n) is 7.68. The van der Waals surface area contributed by atoms with Gasteiger partial charge in [0, 0.05) is 0 Å². The number of carboxylic acids is 1. The first-order chi connectivity index (χ1) is 6.99. The summed E-state index contributed by atoms with van der Waals surface area (Å²) in [6.45, 7) is 1.76. The second kappa shape index (κ2) is 4.57. The molecule has 0 aliphatic rings. The van der Waals surface area contributed by atoms with Crippen LogP contribution in [0.3, 0.4) is 0 Å². The minimum atomic E-state index is -1.53. The number of hydrogen-bond donors (Lipinski definition) is 1. The standard InChI is InChI=1S/C9H7BrF2O3/c1-2-15-8-5(10)3-4(9(13)14)6(11)7(8)12/h3H,2H2,1H3,(H,13,14). The lowest BCUT2D eigenvalue weighted by atomic mass is 10.2. The molecule has 0 fully saturated rings. The van der Waals surface area contributed by atoms with Gasteiger partial charge in [-0.1, -0.05) is 0 Å². The summed E-state index contributed by atoms with van der Waals surface area (Å²) in [7, 11) is 0. The summed E-state index contributed by atoms with van der Waals surface area (Å²) in [4.78, 5) is 10.5. The predicted molar refractivity (Wildman–Crippen MR) is 52.2 cm³/mol. The molecule has 0 unspecified atom stereocenters. The molecule has 82 valence electrons. The Morgan fingerprint density at radius 1 is 1.53 bits per heavy atom. The molecular weight excluding hydrogens is 274 g/mol. The fourth-order valence-corrected chi connectivity index (χ4v) is 1.53. The summed E-state index contributed by atoms with van der Waals surface area (Å²) in [5.41, 5.74) is -0.733. The maximum absolute atomic E-state index is 13.3. The van der Waals surface area contributed by atoms with Gasteiger partial charge in [-0.05, 0) is 28.9 Å². The van der Waals surface area contributed by atoms with E-state index in [4.69, 9.17) is 9.84 Å². The molecule has 0 saturated heterocycles. The lowest BCUT2D eigenvalue weighted by molar-refractivity contribution is 0.0690. The Bertz CT molecular complexity index is 407. The smallest absolute Gasteiger partial charge is 0.338 e. The molecule has 0 atom stereocenters. The number of hydrogen-bond acceptors (Lipinski definition) is 2. The van der Waals surface area contributed by atoms with E-state index in [1.807, 2.05) is 0 Å². The van der Waals surface area contributed by atoms with Gasteiger partial charge < -0.3 is 9.84 Å². The van der Waals surface area contributed by atoms with Crippen LogP contribution in [0.2, 0.25) is 0 Å². The van der Waals surface area contributed by atoms with E-state index in [1.165, 1.54) is 0 Å². The molecule has 0 amide bonds.